The van der Waals surface area contributed by atoms with E-state index in [0.29, 0.717) is 18.8 Å². The summed E-state index contributed by atoms with van der Waals surface area (Å²) in [6.45, 7) is 3.01. The van der Waals surface area contributed by atoms with E-state index in [1.54, 1.807) is 18.2 Å². The topological polar surface area (TPSA) is 63.4 Å². The summed E-state index contributed by atoms with van der Waals surface area (Å²) in [6.07, 6.45) is 2.74. The quantitative estimate of drug-likeness (QED) is 0.642. The maximum atomic E-state index is 12.3. The molecule has 2 rings (SSSR count). The van der Waals surface area contributed by atoms with Gasteiger partial charge in [0.2, 0.25) is 10.0 Å². The summed E-state index contributed by atoms with van der Waals surface area (Å²) in [5.41, 5.74) is 7.32. The molecule has 1 aliphatic rings. The molecule has 1 aliphatic heterocycles. The molecule has 0 bridgehead atoms. The second-order valence-corrected chi connectivity index (χ2v) is 6.17. The van der Waals surface area contributed by atoms with Gasteiger partial charge in [0.15, 0.2) is 0 Å². The molecule has 0 spiro atoms. The van der Waals surface area contributed by atoms with Crippen molar-refractivity contribution in [1.82, 2.24) is 4.31 Å². The van der Waals surface area contributed by atoms with Gasteiger partial charge in [0.1, 0.15) is 0 Å². The third-order valence-corrected chi connectivity index (χ3v) is 4.76. The van der Waals surface area contributed by atoms with Crippen molar-refractivity contribution in [3.05, 3.63) is 35.9 Å². The molecular formula is C12H16N2O2S. The first kappa shape index (κ1) is 12.1. The van der Waals surface area contributed by atoms with Crippen molar-refractivity contribution in [1.29, 1.82) is 0 Å². The maximum Gasteiger partial charge on any atom is 0.243 e. The number of anilines is 1. The molecule has 0 atom stereocenters. The first-order valence-electron chi connectivity index (χ1n) is 5.51. The Morgan fingerprint density at radius 3 is 2.71 bits per heavy atom. The van der Waals surface area contributed by atoms with Gasteiger partial charge in [-0.15, -0.1) is 0 Å². The fraction of sp³-hybridized carbons (Fsp3) is 0.333. The Labute approximate surface area is 102 Å². The van der Waals surface area contributed by atoms with Gasteiger partial charge >= 0.3 is 0 Å². The third-order valence-electron chi connectivity index (χ3n) is 2.89. The Morgan fingerprint density at radius 1 is 1.35 bits per heavy atom. The minimum absolute atomic E-state index is 0.269. The van der Waals surface area contributed by atoms with Gasteiger partial charge in [0.25, 0.3) is 0 Å². The van der Waals surface area contributed by atoms with Crippen LogP contribution in [-0.2, 0) is 10.0 Å². The molecule has 1 heterocycles. The van der Waals surface area contributed by atoms with Crippen LogP contribution in [0.3, 0.4) is 0 Å². The van der Waals surface area contributed by atoms with Crippen LogP contribution in [0, 0.1) is 0 Å². The van der Waals surface area contributed by atoms with E-state index in [1.807, 2.05) is 13.0 Å². The Bertz CT molecular complexity index is 549. The predicted octanol–water partition coefficient (Wildman–Crippen LogP) is 1.61. The smallest absolute Gasteiger partial charge is 0.243 e. The highest BCUT2D eigenvalue weighted by Gasteiger charge is 2.25. The van der Waals surface area contributed by atoms with Gasteiger partial charge in [-0.2, -0.15) is 4.31 Å². The summed E-state index contributed by atoms with van der Waals surface area (Å²) < 4.78 is 26.1. The zero-order valence-electron chi connectivity index (χ0n) is 9.76. The van der Waals surface area contributed by atoms with Crippen LogP contribution in [0.25, 0.3) is 0 Å². The number of nitrogens with two attached hydrogens (primary N) is 1. The van der Waals surface area contributed by atoms with Gasteiger partial charge in [0, 0.05) is 18.8 Å². The summed E-state index contributed by atoms with van der Waals surface area (Å²) in [5, 5.41) is 0. The maximum absolute atomic E-state index is 12.3. The number of rotatable bonds is 2. The standard InChI is InChI=1S/C12H16N2O2S/c1-10-5-7-14(8-6-10)17(15,16)12-4-2-3-11(13)9-12/h2-5,9H,6-8,13H2,1H3. The summed E-state index contributed by atoms with van der Waals surface area (Å²) >= 11 is 0. The lowest BCUT2D eigenvalue weighted by Crippen LogP contribution is -2.34. The van der Waals surface area contributed by atoms with E-state index in [0.717, 1.165) is 6.42 Å². The van der Waals surface area contributed by atoms with Crippen molar-refractivity contribution in [3.63, 3.8) is 0 Å². The third kappa shape index (κ3) is 2.50. The highest BCUT2D eigenvalue weighted by molar-refractivity contribution is 7.89. The second kappa shape index (κ2) is 4.50. The van der Waals surface area contributed by atoms with E-state index in [4.69, 9.17) is 5.73 Å². The van der Waals surface area contributed by atoms with E-state index in [2.05, 4.69) is 0 Å². The summed E-state index contributed by atoms with van der Waals surface area (Å²) in [4.78, 5) is 0.269. The van der Waals surface area contributed by atoms with Gasteiger partial charge in [-0.1, -0.05) is 17.7 Å². The van der Waals surface area contributed by atoms with Crippen LogP contribution in [0.15, 0.2) is 40.8 Å². The van der Waals surface area contributed by atoms with Gasteiger partial charge in [0.05, 0.1) is 4.90 Å². The molecule has 0 saturated carbocycles. The Kier molecular flexibility index (Phi) is 3.22. The first-order valence-corrected chi connectivity index (χ1v) is 6.95. The van der Waals surface area contributed by atoms with Crippen LogP contribution in [0.2, 0.25) is 0 Å². The molecule has 0 aromatic heterocycles. The van der Waals surface area contributed by atoms with Gasteiger partial charge in [-0.3, -0.25) is 0 Å². The van der Waals surface area contributed by atoms with Crippen LogP contribution in [0.4, 0.5) is 5.69 Å². The molecule has 1 aromatic rings. The van der Waals surface area contributed by atoms with Crippen LogP contribution in [0.1, 0.15) is 13.3 Å². The van der Waals surface area contributed by atoms with Crippen molar-refractivity contribution in [2.75, 3.05) is 18.8 Å². The normalized spacial score (nSPS) is 17.8. The first-order chi connectivity index (χ1) is 8.00. The number of hydrogen-bond donors (Lipinski definition) is 1. The van der Waals surface area contributed by atoms with Crippen LogP contribution in [0.5, 0.6) is 0 Å². The van der Waals surface area contributed by atoms with E-state index in [9.17, 15) is 8.42 Å². The molecule has 4 nitrogen and oxygen atoms in total. The predicted molar refractivity (Wildman–Crippen MR) is 68.0 cm³/mol. The molecule has 92 valence electrons. The SMILES string of the molecule is CC1=CCN(S(=O)(=O)c2cccc(N)c2)CC1. The van der Waals surface area contributed by atoms with Gasteiger partial charge in [-0.25, -0.2) is 8.42 Å². The molecular weight excluding hydrogens is 236 g/mol. The lowest BCUT2D eigenvalue weighted by Gasteiger charge is -2.24. The molecule has 0 radical (unpaired) electrons. The lowest BCUT2D eigenvalue weighted by molar-refractivity contribution is 0.431. The molecule has 17 heavy (non-hydrogen) atoms. The number of hydrogen-bond acceptors (Lipinski definition) is 3. The molecule has 0 fully saturated rings. The Morgan fingerprint density at radius 2 is 2.12 bits per heavy atom. The van der Waals surface area contributed by atoms with Gasteiger partial charge < -0.3 is 5.73 Å². The van der Waals surface area contributed by atoms with E-state index in [1.165, 1.54) is 15.9 Å². The molecule has 0 amide bonds. The van der Waals surface area contributed by atoms with Crippen LogP contribution < -0.4 is 5.73 Å². The largest absolute Gasteiger partial charge is 0.399 e. The lowest BCUT2D eigenvalue weighted by atomic mass is 10.1. The van der Waals surface area contributed by atoms with Crippen molar-refractivity contribution in [2.24, 2.45) is 0 Å². The van der Waals surface area contributed by atoms with Crippen molar-refractivity contribution < 1.29 is 8.42 Å². The zero-order valence-corrected chi connectivity index (χ0v) is 10.6. The highest BCUT2D eigenvalue weighted by atomic mass is 32.2. The number of sulfonamides is 1. The van der Waals surface area contributed by atoms with Crippen molar-refractivity contribution >= 4 is 15.7 Å². The summed E-state index contributed by atoms with van der Waals surface area (Å²) in [5.74, 6) is 0. The minimum Gasteiger partial charge on any atom is -0.399 e. The number of nitrogens with zero attached hydrogens (tertiary/aromatic N) is 1. The van der Waals surface area contributed by atoms with E-state index in [-0.39, 0.29) is 4.90 Å². The Hall–Kier alpha value is -1.33. The average Bonchev–Trinajstić information content (AvgIpc) is 2.29. The summed E-state index contributed by atoms with van der Waals surface area (Å²) in [7, 11) is -3.40. The second-order valence-electron chi connectivity index (χ2n) is 4.24. The molecule has 5 heteroatoms. The monoisotopic (exact) mass is 252 g/mol. The van der Waals surface area contributed by atoms with Crippen molar-refractivity contribution in [2.45, 2.75) is 18.2 Å². The molecule has 2 N–H and O–H groups in total. The average molecular weight is 252 g/mol. The zero-order chi connectivity index (χ0) is 12.5. The number of benzene rings is 1. The molecule has 0 aliphatic carbocycles. The van der Waals surface area contributed by atoms with E-state index < -0.39 is 10.0 Å². The molecule has 1 aromatic carbocycles. The number of nitrogen functional groups attached to an aromatic ring is 1. The van der Waals surface area contributed by atoms with Gasteiger partial charge in [-0.05, 0) is 31.5 Å². The molecule has 0 unspecified atom stereocenters. The fourth-order valence-electron chi connectivity index (χ4n) is 1.79. The molecule has 0 saturated heterocycles. The van der Waals surface area contributed by atoms with Crippen molar-refractivity contribution in [3.8, 4) is 0 Å². The fourth-order valence-corrected chi connectivity index (χ4v) is 3.23. The van der Waals surface area contributed by atoms with Crippen LogP contribution in [-0.4, -0.2) is 25.8 Å². The highest BCUT2D eigenvalue weighted by Crippen LogP contribution is 2.21. The minimum atomic E-state index is -3.40. The Balaban J connectivity index is 2.31. The van der Waals surface area contributed by atoms with E-state index >= 15 is 0 Å². The summed E-state index contributed by atoms with van der Waals surface area (Å²) in [6, 6.07) is 6.42. The van der Waals surface area contributed by atoms with Crippen LogP contribution >= 0.6 is 0 Å².